The van der Waals surface area contributed by atoms with Gasteiger partial charge in [0.2, 0.25) is 5.91 Å². The maximum absolute atomic E-state index is 12.8. The van der Waals surface area contributed by atoms with Gasteiger partial charge in [-0.05, 0) is 56.7 Å². The van der Waals surface area contributed by atoms with E-state index in [1.165, 1.54) is 6.42 Å². The van der Waals surface area contributed by atoms with Gasteiger partial charge >= 0.3 is 0 Å². The van der Waals surface area contributed by atoms with E-state index >= 15 is 0 Å². The third kappa shape index (κ3) is 2.10. The summed E-state index contributed by atoms with van der Waals surface area (Å²) in [6, 6.07) is 4.86. The first-order chi connectivity index (χ1) is 10.9. The van der Waals surface area contributed by atoms with Crippen LogP contribution in [0.3, 0.4) is 0 Å². The van der Waals surface area contributed by atoms with Gasteiger partial charge in [0.05, 0.1) is 11.1 Å². The molecule has 2 aliphatic heterocycles. The lowest BCUT2D eigenvalue weighted by Gasteiger charge is -2.25. The Morgan fingerprint density at radius 1 is 1.09 bits per heavy atom. The molecule has 5 heteroatoms. The first kappa shape index (κ1) is 14.4. The molecule has 0 spiro atoms. The van der Waals surface area contributed by atoms with E-state index in [2.05, 4.69) is 5.32 Å². The summed E-state index contributed by atoms with van der Waals surface area (Å²) >= 11 is 0. The summed E-state index contributed by atoms with van der Waals surface area (Å²) in [6.07, 6.45) is 3.96. The van der Waals surface area contributed by atoms with Gasteiger partial charge in [0.1, 0.15) is 6.04 Å². The van der Waals surface area contributed by atoms with E-state index < -0.39 is 11.6 Å². The minimum absolute atomic E-state index is 0.247. The molecule has 1 N–H and O–H groups in total. The van der Waals surface area contributed by atoms with Crippen LogP contribution >= 0.6 is 0 Å². The van der Waals surface area contributed by atoms with Crippen LogP contribution in [0.2, 0.25) is 0 Å². The molecule has 0 bridgehead atoms. The Labute approximate surface area is 135 Å². The van der Waals surface area contributed by atoms with Gasteiger partial charge in [-0.1, -0.05) is 12.5 Å². The van der Waals surface area contributed by atoms with Crippen molar-refractivity contribution in [1.82, 2.24) is 10.2 Å². The Morgan fingerprint density at radius 3 is 2.35 bits per heavy atom. The van der Waals surface area contributed by atoms with Crippen LogP contribution in [-0.4, -0.2) is 34.2 Å². The Kier molecular flexibility index (Phi) is 2.92. The van der Waals surface area contributed by atoms with Crippen molar-refractivity contribution in [2.75, 3.05) is 0 Å². The molecule has 1 saturated carbocycles. The molecule has 1 unspecified atom stereocenters. The van der Waals surface area contributed by atoms with Gasteiger partial charge in [0.15, 0.2) is 0 Å². The SMILES string of the molecule is CC1(C)CC(N2C(=O)c3ccc(C4CCC4)cc3C2=O)C(=O)N1. The smallest absolute Gasteiger partial charge is 0.262 e. The molecule has 0 radical (unpaired) electrons. The third-order valence-electron chi connectivity index (χ3n) is 5.30. The van der Waals surface area contributed by atoms with Crippen molar-refractivity contribution in [2.24, 2.45) is 0 Å². The number of hydrogen-bond acceptors (Lipinski definition) is 3. The van der Waals surface area contributed by atoms with Gasteiger partial charge in [0, 0.05) is 5.54 Å². The van der Waals surface area contributed by atoms with E-state index in [0.717, 1.165) is 23.3 Å². The largest absolute Gasteiger partial charge is 0.349 e. The van der Waals surface area contributed by atoms with Crippen LogP contribution in [0, 0.1) is 0 Å². The highest BCUT2D eigenvalue weighted by Crippen LogP contribution is 2.39. The fourth-order valence-corrected chi connectivity index (χ4v) is 3.81. The van der Waals surface area contributed by atoms with Crippen molar-refractivity contribution in [2.45, 2.75) is 57.0 Å². The maximum atomic E-state index is 12.8. The standard InChI is InChI=1S/C18H20N2O3/c1-18(2)9-14(15(21)19-18)20-16(22)12-7-6-11(10-4-3-5-10)8-13(12)17(20)23/h6-8,10,14H,3-5,9H2,1-2H3,(H,19,21). The number of imide groups is 1. The number of nitrogens with zero attached hydrogens (tertiary/aromatic N) is 1. The molecule has 1 aromatic rings. The van der Waals surface area contributed by atoms with Gasteiger partial charge in [-0.25, -0.2) is 0 Å². The second-order valence-corrected chi connectivity index (χ2v) is 7.51. The van der Waals surface area contributed by atoms with Crippen molar-refractivity contribution in [3.63, 3.8) is 0 Å². The van der Waals surface area contributed by atoms with Crippen molar-refractivity contribution in [3.8, 4) is 0 Å². The van der Waals surface area contributed by atoms with Gasteiger partial charge in [-0.3, -0.25) is 19.3 Å². The van der Waals surface area contributed by atoms with Crippen molar-refractivity contribution in [3.05, 3.63) is 34.9 Å². The van der Waals surface area contributed by atoms with Crippen LogP contribution in [0.4, 0.5) is 0 Å². The second-order valence-electron chi connectivity index (χ2n) is 7.51. The Bertz CT molecular complexity index is 734. The molecule has 2 fully saturated rings. The number of carbonyl (C=O) groups is 3. The van der Waals surface area contributed by atoms with E-state index in [1.807, 2.05) is 26.0 Å². The first-order valence-electron chi connectivity index (χ1n) is 8.21. The summed E-state index contributed by atoms with van der Waals surface area (Å²) in [7, 11) is 0. The van der Waals surface area contributed by atoms with E-state index in [1.54, 1.807) is 6.07 Å². The Hall–Kier alpha value is -2.17. The van der Waals surface area contributed by atoms with Crippen molar-refractivity contribution >= 4 is 17.7 Å². The highest BCUT2D eigenvalue weighted by Gasteiger charge is 2.48. The lowest BCUT2D eigenvalue weighted by atomic mass is 9.79. The number of fused-ring (bicyclic) bond motifs is 1. The molecule has 4 rings (SSSR count). The predicted molar refractivity (Wildman–Crippen MR) is 84.2 cm³/mol. The average molecular weight is 312 g/mol. The Balaban J connectivity index is 1.68. The average Bonchev–Trinajstić information content (AvgIpc) is 2.82. The van der Waals surface area contributed by atoms with Crippen LogP contribution < -0.4 is 5.32 Å². The fourth-order valence-electron chi connectivity index (χ4n) is 3.81. The van der Waals surface area contributed by atoms with E-state index in [-0.39, 0.29) is 17.7 Å². The summed E-state index contributed by atoms with van der Waals surface area (Å²) < 4.78 is 0. The molecule has 1 aliphatic carbocycles. The zero-order chi connectivity index (χ0) is 16.4. The number of benzene rings is 1. The highest BCUT2D eigenvalue weighted by molar-refractivity contribution is 6.23. The lowest BCUT2D eigenvalue weighted by molar-refractivity contribution is -0.122. The molecule has 5 nitrogen and oxygen atoms in total. The van der Waals surface area contributed by atoms with E-state index in [4.69, 9.17) is 0 Å². The van der Waals surface area contributed by atoms with Gasteiger partial charge in [-0.15, -0.1) is 0 Å². The second kappa shape index (κ2) is 4.66. The molecule has 23 heavy (non-hydrogen) atoms. The maximum Gasteiger partial charge on any atom is 0.262 e. The summed E-state index contributed by atoms with van der Waals surface area (Å²) in [4.78, 5) is 38.7. The zero-order valence-electron chi connectivity index (χ0n) is 13.4. The molecule has 120 valence electrons. The third-order valence-corrected chi connectivity index (χ3v) is 5.30. The quantitative estimate of drug-likeness (QED) is 0.852. The van der Waals surface area contributed by atoms with Crippen LogP contribution in [0.5, 0.6) is 0 Å². The van der Waals surface area contributed by atoms with Crippen molar-refractivity contribution in [1.29, 1.82) is 0 Å². The topological polar surface area (TPSA) is 66.5 Å². The molecule has 2 heterocycles. The van der Waals surface area contributed by atoms with Crippen LogP contribution in [0.15, 0.2) is 18.2 Å². The van der Waals surface area contributed by atoms with Crippen LogP contribution in [0.1, 0.15) is 71.7 Å². The van der Waals surface area contributed by atoms with Crippen molar-refractivity contribution < 1.29 is 14.4 Å². The summed E-state index contributed by atoms with van der Waals surface area (Å²) in [5.41, 5.74) is 1.62. The van der Waals surface area contributed by atoms with Gasteiger partial charge in [-0.2, -0.15) is 0 Å². The summed E-state index contributed by atoms with van der Waals surface area (Å²) in [5.74, 6) is -0.415. The molecule has 1 saturated heterocycles. The monoisotopic (exact) mass is 312 g/mol. The number of rotatable bonds is 2. The Morgan fingerprint density at radius 2 is 1.78 bits per heavy atom. The highest BCUT2D eigenvalue weighted by atomic mass is 16.2. The fraction of sp³-hybridized carbons (Fsp3) is 0.500. The first-order valence-corrected chi connectivity index (χ1v) is 8.21. The predicted octanol–water partition coefficient (Wildman–Crippen LogP) is 2.22. The van der Waals surface area contributed by atoms with Gasteiger partial charge in [0.25, 0.3) is 11.8 Å². The number of nitrogens with one attached hydrogen (secondary N) is 1. The molecular formula is C18H20N2O3. The molecule has 3 amide bonds. The normalized spacial score (nSPS) is 26.3. The van der Waals surface area contributed by atoms with E-state index in [9.17, 15) is 14.4 Å². The zero-order valence-corrected chi connectivity index (χ0v) is 13.4. The molecule has 1 aromatic carbocycles. The molecule has 1 atom stereocenters. The number of hydrogen-bond donors (Lipinski definition) is 1. The van der Waals surface area contributed by atoms with Crippen LogP contribution in [0.25, 0.3) is 0 Å². The summed E-state index contributed by atoms with van der Waals surface area (Å²) in [5, 5.41) is 2.85. The molecule has 0 aromatic heterocycles. The molecular weight excluding hydrogens is 292 g/mol. The summed E-state index contributed by atoms with van der Waals surface area (Å²) in [6.45, 7) is 3.80. The van der Waals surface area contributed by atoms with E-state index in [0.29, 0.717) is 23.5 Å². The lowest BCUT2D eigenvalue weighted by Crippen LogP contribution is -2.44. The minimum atomic E-state index is -0.704. The van der Waals surface area contributed by atoms with Gasteiger partial charge < -0.3 is 5.32 Å². The molecule has 3 aliphatic rings. The minimum Gasteiger partial charge on any atom is -0.349 e. The number of amides is 3. The number of carbonyl (C=O) groups excluding carboxylic acids is 3. The van der Waals surface area contributed by atoms with Crippen LogP contribution in [-0.2, 0) is 4.79 Å².